The van der Waals surface area contributed by atoms with E-state index >= 15 is 0 Å². The third-order valence-corrected chi connectivity index (χ3v) is 3.82. The molecule has 0 aromatic heterocycles. The highest BCUT2D eigenvalue weighted by Gasteiger charge is 2.24. The van der Waals surface area contributed by atoms with E-state index in [4.69, 9.17) is 9.47 Å². The minimum Gasteiger partial charge on any atom is -0.480 e. The molecule has 3 rings (SSSR count). The van der Waals surface area contributed by atoms with E-state index in [0.29, 0.717) is 5.56 Å². The molecule has 0 spiro atoms. The average molecular weight is 308 g/mol. The molecule has 0 saturated heterocycles. The van der Waals surface area contributed by atoms with Crippen molar-refractivity contribution in [2.45, 2.75) is 0 Å². The second-order valence-electron chi connectivity index (χ2n) is 5.07. The first kappa shape index (κ1) is 14.9. The van der Waals surface area contributed by atoms with Crippen molar-refractivity contribution < 1.29 is 19.4 Å². The quantitative estimate of drug-likeness (QED) is 0.343. The predicted octanol–water partition coefficient (Wildman–Crippen LogP) is 4.04. The van der Waals surface area contributed by atoms with Crippen molar-refractivity contribution in [3.63, 3.8) is 0 Å². The van der Waals surface area contributed by atoms with Gasteiger partial charge >= 0.3 is 5.97 Å². The van der Waals surface area contributed by atoms with Crippen LogP contribution in [0.2, 0.25) is 0 Å². The number of hydrogen-bond donors (Lipinski definition) is 1. The van der Waals surface area contributed by atoms with E-state index in [9.17, 15) is 9.90 Å². The van der Waals surface area contributed by atoms with Gasteiger partial charge in [-0.05, 0) is 27.6 Å². The summed E-state index contributed by atoms with van der Waals surface area (Å²) >= 11 is 0. The van der Waals surface area contributed by atoms with Gasteiger partial charge in [-0.25, -0.2) is 4.79 Å². The normalized spacial score (nSPS) is 12.1. The maximum Gasteiger partial charge on any atom is 0.345 e. The Kier molecular flexibility index (Phi) is 3.89. The van der Waals surface area contributed by atoms with Gasteiger partial charge < -0.3 is 14.6 Å². The van der Waals surface area contributed by atoms with Crippen LogP contribution in [0.5, 0.6) is 0 Å². The molecule has 4 nitrogen and oxygen atoms in total. The molecule has 0 unspecified atom stereocenters. The summed E-state index contributed by atoms with van der Waals surface area (Å²) in [4.78, 5) is 12.3. The Morgan fingerprint density at radius 2 is 1.39 bits per heavy atom. The van der Waals surface area contributed by atoms with Crippen molar-refractivity contribution in [2.24, 2.45) is 0 Å². The number of hydrogen-bond acceptors (Lipinski definition) is 4. The minimum absolute atomic E-state index is 0.0167. The zero-order valence-corrected chi connectivity index (χ0v) is 12.9. The first-order valence-electron chi connectivity index (χ1n) is 7.13. The first-order valence-corrected chi connectivity index (χ1v) is 7.13. The van der Waals surface area contributed by atoms with E-state index in [-0.39, 0.29) is 5.57 Å². The first-order chi connectivity index (χ1) is 11.2. The lowest BCUT2D eigenvalue weighted by Gasteiger charge is -2.14. The molecule has 0 aliphatic heterocycles. The topological polar surface area (TPSA) is 55.8 Å². The van der Waals surface area contributed by atoms with Crippen molar-refractivity contribution in [1.82, 2.24) is 0 Å². The number of aliphatic hydroxyl groups excluding tert-OH is 1. The fourth-order valence-electron chi connectivity index (χ4n) is 2.78. The van der Waals surface area contributed by atoms with Crippen LogP contribution in [0, 0.1) is 0 Å². The van der Waals surface area contributed by atoms with Crippen LogP contribution in [0.15, 0.2) is 60.5 Å². The Labute approximate surface area is 133 Å². The molecule has 0 fully saturated rings. The third-order valence-electron chi connectivity index (χ3n) is 3.82. The van der Waals surface area contributed by atoms with Gasteiger partial charge in [-0.15, -0.1) is 0 Å². The van der Waals surface area contributed by atoms with Crippen LogP contribution in [0.1, 0.15) is 5.56 Å². The van der Waals surface area contributed by atoms with Gasteiger partial charge in [0.1, 0.15) is 5.57 Å². The Balaban J connectivity index is 2.52. The van der Waals surface area contributed by atoms with E-state index < -0.39 is 11.9 Å². The molecule has 0 saturated carbocycles. The van der Waals surface area contributed by atoms with Crippen LogP contribution < -0.4 is 0 Å². The fourth-order valence-corrected chi connectivity index (χ4v) is 2.78. The maximum absolute atomic E-state index is 12.3. The fraction of sp³-hybridized carbons (Fsp3) is 0.105. The molecule has 0 heterocycles. The van der Waals surface area contributed by atoms with Gasteiger partial charge in [0.05, 0.1) is 14.2 Å². The van der Waals surface area contributed by atoms with Gasteiger partial charge in [0, 0.05) is 5.56 Å². The number of aliphatic hydroxyl groups is 1. The molecule has 3 aromatic rings. The summed E-state index contributed by atoms with van der Waals surface area (Å²) in [6.45, 7) is 0. The molecule has 0 atom stereocenters. The second-order valence-corrected chi connectivity index (χ2v) is 5.07. The summed E-state index contributed by atoms with van der Waals surface area (Å²) < 4.78 is 9.77. The number of benzene rings is 3. The van der Waals surface area contributed by atoms with Crippen molar-refractivity contribution in [3.8, 4) is 0 Å². The second kappa shape index (κ2) is 6.01. The SMILES string of the molecule is COC(=O)/C(=C(/O)OC)c1c2ccccc2cc2ccccc12. The van der Waals surface area contributed by atoms with Crippen molar-refractivity contribution in [1.29, 1.82) is 0 Å². The molecule has 0 bridgehead atoms. The molecule has 4 heteroatoms. The molecule has 0 amide bonds. The standard InChI is InChI=1S/C19H16O4/c1-22-18(20)17(19(21)23-2)16-14-9-5-3-7-12(14)11-13-8-4-6-10-15(13)16/h3-11,20H,1-2H3/b18-17-. The number of fused-ring (bicyclic) bond motifs is 2. The van der Waals surface area contributed by atoms with Gasteiger partial charge in [0.15, 0.2) is 0 Å². The van der Waals surface area contributed by atoms with Gasteiger partial charge in [-0.1, -0.05) is 48.5 Å². The van der Waals surface area contributed by atoms with Crippen LogP contribution in [-0.2, 0) is 14.3 Å². The molecule has 116 valence electrons. The van der Waals surface area contributed by atoms with Gasteiger partial charge in [0.25, 0.3) is 5.95 Å². The van der Waals surface area contributed by atoms with Crippen molar-refractivity contribution in [2.75, 3.05) is 14.2 Å². The van der Waals surface area contributed by atoms with E-state index in [1.165, 1.54) is 14.2 Å². The zero-order chi connectivity index (χ0) is 16.4. The van der Waals surface area contributed by atoms with Crippen molar-refractivity contribution in [3.05, 3.63) is 66.1 Å². The van der Waals surface area contributed by atoms with Crippen LogP contribution >= 0.6 is 0 Å². The molecule has 0 aliphatic rings. The number of ether oxygens (including phenoxy) is 2. The molecule has 23 heavy (non-hydrogen) atoms. The molecule has 0 radical (unpaired) electrons. The number of esters is 1. The van der Waals surface area contributed by atoms with Crippen LogP contribution in [0.4, 0.5) is 0 Å². The molecule has 1 N–H and O–H groups in total. The summed E-state index contributed by atoms with van der Waals surface area (Å²) in [6, 6.07) is 17.4. The van der Waals surface area contributed by atoms with Crippen LogP contribution in [0.3, 0.4) is 0 Å². The van der Waals surface area contributed by atoms with E-state index in [1.807, 2.05) is 54.6 Å². The maximum atomic E-state index is 12.3. The van der Waals surface area contributed by atoms with Crippen LogP contribution in [0.25, 0.3) is 27.1 Å². The van der Waals surface area contributed by atoms with E-state index in [1.54, 1.807) is 0 Å². The molecular weight excluding hydrogens is 292 g/mol. The zero-order valence-electron chi connectivity index (χ0n) is 12.9. The van der Waals surface area contributed by atoms with Gasteiger partial charge in [0.2, 0.25) is 0 Å². The largest absolute Gasteiger partial charge is 0.480 e. The van der Waals surface area contributed by atoms with E-state index in [2.05, 4.69) is 0 Å². The Morgan fingerprint density at radius 1 is 0.870 bits per heavy atom. The summed E-state index contributed by atoms with van der Waals surface area (Å²) in [5, 5.41) is 13.8. The lowest BCUT2D eigenvalue weighted by atomic mass is 9.92. The average Bonchev–Trinajstić information content (AvgIpc) is 2.60. The Hall–Kier alpha value is -3.01. The number of carbonyl (C=O) groups excluding carboxylic acids is 1. The lowest BCUT2D eigenvalue weighted by molar-refractivity contribution is -0.134. The molecule has 3 aromatic carbocycles. The smallest absolute Gasteiger partial charge is 0.345 e. The summed E-state index contributed by atoms with van der Waals surface area (Å²) in [6.07, 6.45) is 0. The summed E-state index contributed by atoms with van der Waals surface area (Å²) in [5.41, 5.74) is 0.618. The van der Waals surface area contributed by atoms with Crippen molar-refractivity contribution >= 4 is 33.1 Å². The Morgan fingerprint density at radius 3 is 1.87 bits per heavy atom. The number of rotatable bonds is 3. The van der Waals surface area contributed by atoms with Gasteiger partial charge in [-0.2, -0.15) is 0 Å². The number of carbonyl (C=O) groups is 1. The molecule has 0 aliphatic carbocycles. The summed E-state index contributed by atoms with van der Waals surface area (Å²) in [5.74, 6) is -1.11. The number of methoxy groups -OCH3 is 2. The lowest BCUT2D eigenvalue weighted by Crippen LogP contribution is -2.09. The Bertz CT molecular complexity index is 871. The van der Waals surface area contributed by atoms with Gasteiger partial charge in [-0.3, -0.25) is 0 Å². The molecular formula is C19H16O4. The highest BCUT2D eigenvalue weighted by Crippen LogP contribution is 2.35. The van der Waals surface area contributed by atoms with E-state index in [0.717, 1.165) is 21.5 Å². The minimum atomic E-state index is -0.647. The highest BCUT2D eigenvalue weighted by molar-refractivity contribution is 6.25. The third kappa shape index (κ3) is 2.48. The van der Waals surface area contributed by atoms with Crippen LogP contribution in [-0.4, -0.2) is 25.3 Å². The predicted molar refractivity (Wildman–Crippen MR) is 90.0 cm³/mol. The monoisotopic (exact) mass is 308 g/mol. The highest BCUT2D eigenvalue weighted by atomic mass is 16.6. The summed E-state index contributed by atoms with van der Waals surface area (Å²) in [7, 11) is 2.59.